The van der Waals surface area contributed by atoms with Crippen molar-refractivity contribution in [3.05, 3.63) is 30.6 Å². The van der Waals surface area contributed by atoms with Crippen LogP contribution >= 0.6 is 0 Å². The van der Waals surface area contributed by atoms with Crippen LogP contribution in [0.4, 0.5) is 0 Å². The first-order valence-electron chi connectivity index (χ1n) is 4.02. The fourth-order valence-electron chi connectivity index (χ4n) is 1.27. The van der Waals surface area contributed by atoms with Crippen molar-refractivity contribution >= 4 is 11.3 Å². The molecule has 0 bridgehead atoms. The Morgan fingerprint density at radius 3 is 3.23 bits per heavy atom. The zero-order valence-electron chi connectivity index (χ0n) is 7.27. The number of hydrogen-bond donors (Lipinski definition) is 0. The number of nitrogens with zero attached hydrogens (tertiary/aromatic N) is 3. The smallest absolute Gasteiger partial charge is 0.135 e. The first kappa shape index (κ1) is 7.91. The van der Waals surface area contributed by atoms with Crippen molar-refractivity contribution in [2.75, 3.05) is 0 Å². The van der Waals surface area contributed by atoms with Gasteiger partial charge in [0.25, 0.3) is 0 Å². The summed E-state index contributed by atoms with van der Waals surface area (Å²) in [6, 6.07) is 0. The second kappa shape index (κ2) is 2.97. The SMILES string of the molecule is CC(=O)Cc1ncn2ccncc12. The van der Waals surface area contributed by atoms with Crippen LogP contribution in [-0.4, -0.2) is 20.2 Å². The maximum absolute atomic E-state index is 10.9. The van der Waals surface area contributed by atoms with Crippen LogP contribution in [0.2, 0.25) is 0 Å². The van der Waals surface area contributed by atoms with Gasteiger partial charge in [-0.2, -0.15) is 0 Å². The Labute approximate surface area is 75.2 Å². The Hall–Kier alpha value is -1.71. The molecule has 0 atom stereocenters. The first-order chi connectivity index (χ1) is 6.27. The van der Waals surface area contributed by atoms with Crippen LogP contribution < -0.4 is 0 Å². The van der Waals surface area contributed by atoms with Gasteiger partial charge in [-0.15, -0.1) is 0 Å². The number of fused-ring (bicyclic) bond motifs is 1. The Kier molecular flexibility index (Phi) is 1.81. The van der Waals surface area contributed by atoms with Crippen LogP contribution in [0.5, 0.6) is 0 Å². The number of Topliss-reactive ketones (excluding diaryl/α,β-unsaturated/α-hetero) is 1. The van der Waals surface area contributed by atoms with E-state index in [0.29, 0.717) is 6.42 Å². The lowest BCUT2D eigenvalue weighted by molar-refractivity contribution is -0.116. The van der Waals surface area contributed by atoms with Crippen molar-refractivity contribution in [1.82, 2.24) is 14.4 Å². The Bertz CT molecular complexity index is 447. The van der Waals surface area contributed by atoms with E-state index in [4.69, 9.17) is 0 Å². The summed E-state index contributed by atoms with van der Waals surface area (Å²) in [6.45, 7) is 1.56. The van der Waals surface area contributed by atoms with Crippen LogP contribution in [0.15, 0.2) is 24.9 Å². The highest BCUT2D eigenvalue weighted by Crippen LogP contribution is 2.07. The predicted octanol–water partition coefficient (Wildman–Crippen LogP) is 0.861. The van der Waals surface area contributed by atoms with Crippen molar-refractivity contribution < 1.29 is 4.79 Å². The van der Waals surface area contributed by atoms with E-state index in [2.05, 4.69) is 9.97 Å². The van der Waals surface area contributed by atoms with E-state index in [0.717, 1.165) is 11.2 Å². The van der Waals surface area contributed by atoms with Gasteiger partial charge < -0.3 is 4.40 Å². The van der Waals surface area contributed by atoms with Gasteiger partial charge in [0.1, 0.15) is 5.78 Å². The molecule has 0 saturated carbocycles. The van der Waals surface area contributed by atoms with Gasteiger partial charge in [-0.25, -0.2) is 4.98 Å². The molecular formula is C9H9N3O. The molecule has 0 aliphatic rings. The third-order valence-corrected chi connectivity index (χ3v) is 1.84. The number of rotatable bonds is 2. The van der Waals surface area contributed by atoms with Crippen LogP contribution in [-0.2, 0) is 11.2 Å². The fourth-order valence-corrected chi connectivity index (χ4v) is 1.27. The van der Waals surface area contributed by atoms with E-state index in [9.17, 15) is 4.79 Å². The highest BCUT2D eigenvalue weighted by molar-refractivity contribution is 5.79. The van der Waals surface area contributed by atoms with Crippen LogP contribution in [0.1, 0.15) is 12.6 Å². The summed E-state index contributed by atoms with van der Waals surface area (Å²) in [4.78, 5) is 19.0. The molecule has 0 aliphatic carbocycles. The molecule has 0 unspecified atom stereocenters. The van der Waals surface area contributed by atoms with Gasteiger partial charge in [-0.3, -0.25) is 9.78 Å². The van der Waals surface area contributed by atoms with Gasteiger partial charge in [0.05, 0.1) is 30.2 Å². The van der Waals surface area contributed by atoms with E-state index in [1.54, 1.807) is 25.6 Å². The van der Waals surface area contributed by atoms with Crippen LogP contribution in [0, 0.1) is 0 Å². The second-order valence-corrected chi connectivity index (χ2v) is 2.94. The maximum Gasteiger partial charge on any atom is 0.135 e. The normalized spacial score (nSPS) is 10.5. The molecule has 2 aromatic heterocycles. The Balaban J connectivity index is 2.51. The van der Waals surface area contributed by atoms with Gasteiger partial charge in [-0.05, 0) is 6.92 Å². The molecule has 0 radical (unpaired) electrons. The summed E-state index contributed by atoms with van der Waals surface area (Å²) < 4.78 is 1.85. The number of carbonyl (C=O) groups is 1. The van der Waals surface area contributed by atoms with E-state index >= 15 is 0 Å². The molecule has 4 nitrogen and oxygen atoms in total. The molecule has 2 rings (SSSR count). The van der Waals surface area contributed by atoms with Gasteiger partial charge in [0.2, 0.25) is 0 Å². The minimum Gasteiger partial charge on any atom is -0.303 e. The monoisotopic (exact) mass is 175 g/mol. The molecule has 0 fully saturated rings. The number of imidazole rings is 1. The van der Waals surface area contributed by atoms with Gasteiger partial charge in [0.15, 0.2) is 0 Å². The summed E-state index contributed by atoms with van der Waals surface area (Å²) in [6.07, 6.45) is 7.28. The van der Waals surface area contributed by atoms with E-state index in [-0.39, 0.29) is 5.78 Å². The summed E-state index contributed by atoms with van der Waals surface area (Å²) in [5, 5.41) is 0. The molecule has 0 saturated heterocycles. The van der Waals surface area contributed by atoms with E-state index in [1.165, 1.54) is 0 Å². The third-order valence-electron chi connectivity index (χ3n) is 1.84. The molecule has 13 heavy (non-hydrogen) atoms. The summed E-state index contributed by atoms with van der Waals surface area (Å²) in [7, 11) is 0. The van der Waals surface area contributed by atoms with Crippen molar-refractivity contribution in [3.63, 3.8) is 0 Å². The summed E-state index contributed by atoms with van der Waals surface area (Å²) in [5.41, 5.74) is 1.69. The quantitative estimate of drug-likeness (QED) is 0.680. The van der Waals surface area contributed by atoms with Crippen molar-refractivity contribution in [1.29, 1.82) is 0 Å². The van der Waals surface area contributed by atoms with Gasteiger partial charge in [-0.1, -0.05) is 0 Å². The van der Waals surface area contributed by atoms with Gasteiger partial charge >= 0.3 is 0 Å². The predicted molar refractivity (Wildman–Crippen MR) is 47.4 cm³/mol. The van der Waals surface area contributed by atoms with E-state index < -0.39 is 0 Å². The maximum atomic E-state index is 10.9. The lowest BCUT2D eigenvalue weighted by Gasteiger charge is -1.93. The molecule has 66 valence electrons. The number of carbonyl (C=O) groups excluding carboxylic acids is 1. The summed E-state index contributed by atoms with van der Waals surface area (Å²) in [5.74, 6) is 0.115. The molecule has 4 heteroatoms. The minimum absolute atomic E-state index is 0.115. The third kappa shape index (κ3) is 1.42. The topological polar surface area (TPSA) is 47.3 Å². The standard InChI is InChI=1S/C9H9N3O/c1-7(13)4-8-9-5-10-2-3-12(9)6-11-8/h2-3,5-6H,4H2,1H3. The average molecular weight is 175 g/mol. The Morgan fingerprint density at radius 1 is 1.62 bits per heavy atom. The number of ketones is 1. The van der Waals surface area contributed by atoms with Crippen LogP contribution in [0.3, 0.4) is 0 Å². The Morgan fingerprint density at radius 2 is 2.46 bits per heavy atom. The average Bonchev–Trinajstić information content (AvgIpc) is 2.48. The zero-order chi connectivity index (χ0) is 9.26. The fraction of sp³-hybridized carbons (Fsp3) is 0.222. The number of hydrogen-bond acceptors (Lipinski definition) is 3. The summed E-state index contributed by atoms with van der Waals surface area (Å²) >= 11 is 0. The van der Waals surface area contributed by atoms with Crippen LogP contribution in [0.25, 0.3) is 5.52 Å². The molecule has 0 N–H and O–H groups in total. The molecule has 2 heterocycles. The highest BCUT2D eigenvalue weighted by atomic mass is 16.1. The molecule has 0 aliphatic heterocycles. The molecule has 2 aromatic rings. The molecule has 0 spiro atoms. The van der Waals surface area contributed by atoms with Crippen molar-refractivity contribution in [2.24, 2.45) is 0 Å². The minimum atomic E-state index is 0.115. The largest absolute Gasteiger partial charge is 0.303 e. The lowest BCUT2D eigenvalue weighted by Crippen LogP contribution is -1.97. The second-order valence-electron chi connectivity index (χ2n) is 2.94. The van der Waals surface area contributed by atoms with Crippen molar-refractivity contribution in [3.8, 4) is 0 Å². The zero-order valence-corrected chi connectivity index (χ0v) is 7.27. The highest BCUT2D eigenvalue weighted by Gasteiger charge is 2.05. The molecule has 0 aromatic carbocycles. The first-order valence-corrected chi connectivity index (χ1v) is 4.02. The molecule has 0 amide bonds. The lowest BCUT2D eigenvalue weighted by atomic mass is 10.2. The van der Waals surface area contributed by atoms with Crippen molar-refractivity contribution in [2.45, 2.75) is 13.3 Å². The van der Waals surface area contributed by atoms with E-state index in [1.807, 2.05) is 10.6 Å². The number of aromatic nitrogens is 3. The molecular weight excluding hydrogens is 166 g/mol. The van der Waals surface area contributed by atoms with Gasteiger partial charge in [0, 0.05) is 12.4 Å².